The Kier molecular flexibility index (Phi) is 7.55. The van der Waals surface area contributed by atoms with Crippen LogP contribution in [0.25, 0.3) is 65.6 Å². The summed E-state index contributed by atoms with van der Waals surface area (Å²) in [5, 5.41) is 8.31. The number of nitrogens with zero attached hydrogens (tertiary/aromatic N) is 2. The Morgan fingerprint density at radius 1 is 0.419 bits per heavy atom. The van der Waals surface area contributed by atoms with Gasteiger partial charge in [-0.1, -0.05) is 160 Å². The molecule has 0 unspecified atom stereocenters. The molecule has 314 valence electrons. The van der Waals surface area contributed by atoms with Crippen molar-refractivity contribution in [1.29, 1.82) is 0 Å². The summed E-state index contributed by atoms with van der Waals surface area (Å²) in [5.41, 5.74) is 22.1. The van der Waals surface area contributed by atoms with Crippen LogP contribution < -0.4 is 16.4 Å². The van der Waals surface area contributed by atoms with Crippen molar-refractivity contribution < 1.29 is 0 Å². The Morgan fingerprint density at radius 3 is 1.42 bits per heavy atom. The van der Waals surface area contributed by atoms with Crippen LogP contribution in [0.2, 0.25) is 0 Å². The number of hydrogen-bond donors (Lipinski definition) is 0. The maximum absolute atomic E-state index is 2.69. The van der Waals surface area contributed by atoms with Crippen molar-refractivity contribution in [2.24, 2.45) is 0 Å². The fourth-order valence-electron chi connectivity index (χ4n) is 11.7. The smallest absolute Gasteiger partial charge is 0.247 e. The van der Waals surface area contributed by atoms with E-state index < -0.39 is 0 Å². The molecule has 2 nitrogen and oxygen atoms in total. The fraction of sp³-hybridized carbons (Fsp3) is 0.390. The second-order valence-electron chi connectivity index (χ2n) is 25.2. The average molecular weight is 813 g/mol. The predicted octanol–water partition coefficient (Wildman–Crippen LogP) is 13.9. The van der Waals surface area contributed by atoms with Crippen LogP contribution in [-0.4, -0.2) is 15.7 Å². The van der Waals surface area contributed by atoms with Gasteiger partial charge in [-0.25, -0.2) is 0 Å². The van der Waals surface area contributed by atoms with Gasteiger partial charge in [0.1, 0.15) is 0 Å². The summed E-state index contributed by atoms with van der Waals surface area (Å²) in [5.74, 6) is 0. The van der Waals surface area contributed by atoms with Gasteiger partial charge in [-0.3, -0.25) is 0 Å². The van der Waals surface area contributed by atoms with Crippen LogP contribution in [0.4, 0.5) is 0 Å². The van der Waals surface area contributed by atoms with E-state index >= 15 is 0 Å². The Bertz CT molecular complexity index is 3440. The quantitative estimate of drug-likeness (QED) is 0.135. The zero-order valence-corrected chi connectivity index (χ0v) is 40.6. The van der Waals surface area contributed by atoms with E-state index in [1.54, 1.807) is 0 Å². The summed E-state index contributed by atoms with van der Waals surface area (Å²) in [6.45, 7) is 40.7. The fourth-order valence-corrected chi connectivity index (χ4v) is 11.7. The van der Waals surface area contributed by atoms with Crippen LogP contribution >= 0.6 is 0 Å². The van der Waals surface area contributed by atoms with Gasteiger partial charge in [-0.2, -0.15) is 0 Å². The monoisotopic (exact) mass is 813 g/mol. The standard InChI is InChI=1S/C59H65BN2/c1-54(2,3)32-19-22-46-37(24-32)39-27-35(57(10,11)12)29-44-52(39)62(46)48-30-36(58(13,14)15)28-42-51(48)60(44)43-31-40-38-25-33(55(4,5)6)18-21-45(38)61-47-23-20-34(56(7,8)9)26-41(47)49(53(40)61)50(43)59(42,16)17/h18-31H,1-17H3. The highest BCUT2D eigenvalue weighted by atomic mass is 15.0. The first-order valence-corrected chi connectivity index (χ1v) is 23.3. The van der Waals surface area contributed by atoms with Gasteiger partial charge in [0.05, 0.1) is 22.1 Å². The number of aromatic nitrogens is 2. The molecule has 3 heteroatoms. The third kappa shape index (κ3) is 5.17. The van der Waals surface area contributed by atoms with E-state index in [1.165, 1.54) is 121 Å². The van der Waals surface area contributed by atoms with Gasteiger partial charge in [0.25, 0.3) is 0 Å². The SMILES string of the molecule is CC(C)(C)c1cc2c3c(c1)C(C)(C)c1c(cc4c5cc(C(C)(C)C)ccc5n5c6ccc(C(C)(C)C)cc6c1c45)B3c1cc(C(C)(C)C)cc3c4cc(C(C)(C)C)ccc4n-2c13. The lowest BCUT2D eigenvalue weighted by atomic mass is 9.30. The minimum atomic E-state index is -0.293. The van der Waals surface area contributed by atoms with E-state index in [0.29, 0.717) is 0 Å². The predicted molar refractivity (Wildman–Crippen MR) is 272 cm³/mol. The molecule has 0 saturated carbocycles. The minimum Gasteiger partial charge on any atom is -0.310 e. The Labute approximate surface area is 370 Å². The highest BCUT2D eigenvalue weighted by Crippen LogP contribution is 2.50. The van der Waals surface area contributed by atoms with Crippen LogP contribution in [0.5, 0.6) is 0 Å². The van der Waals surface area contributed by atoms with E-state index in [2.05, 4.69) is 212 Å². The van der Waals surface area contributed by atoms with Crippen LogP contribution in [0.3, 0.4) is 0 Å². The van der Waals surface area contributed by atoms with Crippen molar-refractivity contribution in [1.82, 2.24) is 8.97 Å². The molecule has 62 heavy (non-hydrogen) atoms. The number of hydrogen-bond acceptors (Lipinski definition) is 0. The molecule has 2 aliphatic rings. The molecule has 0 amide bonds. The van der Waals surface area contributed by atoms with Crippen molar-refractivity contribution in [3.05, 3.63) is 124 Å². The molecule has 0 spiro atoms. The molecule has 5 heterocycles. The van der Waals surface area contributed by atoms with Gasteiger partial charge in [0.15, 0.2) is 0 Å². The van der Waals surface area contributed by atoms with Crippen molar-refractivity contribution in [2.45, 2.75) is 150 Å². The number of benzene rings is 6. The van der Waals surface area contributed by atoms with Gasteiger partial charge in [0.2, 0.25) is 6.71 Å². The van der Waals surface area contributed by atoms with Crippen molar-refractivity contribution in [3.63, 3.8) is 0 Å². The third-order valence-electron chi connectivity index (χ3n) is 15.4. The summed E-state index contributed by atoms with van der Waals surface area (Å²) in [7, 11) is 0. The van der Waals surface area contributed by atoms with Gasteiger partial charge >= 0.3 is 0 Å². The molecule has 0 fully saturated rings. The number of rotatable bonds is 0. The first-order chi connectivity index (χ1) is 28.7. The topological polar surface area (TPSA) is 9.34 Å². The first-order valence-electron chi connectivity index (χ1n) is 23.3. The summed E-state index contributed by atoms with van der Waals surface area (Å²) < 4.78 is 5.31. The molecular formula is C59H65BN2. The molecular weight excluding hydrogens is 747 g/mol. The second kappa shape index (κ2) is 11.8. The van der Waals surface area contributed by atoms with Crippen LogP contribution in [0.15, 0.2) is 84.9 Å². The molecule has 0 aliphatic carbocycles. The van der Waals surface area contributed by atoms with E-state index in [-0.39, 0.29) is 39.2 Å². The molecule has 0 N–H and O–H groups in total. The van der Waals surface area contributed by atoms with Crippen LogP contribution in [-0.2, 0) is 32.5 Å². The minimum absolute atomic E-state index is 0.0190. The number of fused-ring (bicyclic) bond motifs is 14. The Hall–Kier alpha value is -5.02. The largest absolute Gasteiger partial charge is 0.310 e. The maximum atomic E-state index is 2.69. The molecule has 0 atom stereocenters. The maximum Gasteiger partial charge on any atom is 0.247 e. The van der Waals surface area contributed by atoms with Crippen LogP contribution in [0.1, 0.15) is 157 Å². The van der Waals surface area contributed by atoms with E-state index in [1.807, 2.05) is 0 Å². The third-order valence-corrected chi connectivity index (χ3v) is 15.4. The lowest BCUT2D eigenvalue weighted by Crippen LogP contribution is -2.63. The van der Waals surface area contributed by atoms with Crippen LogP contribution in [0, 0.1) is 0 Å². The first kappa shape index (κ1) is 39.8. The molecule has 11 rings (SSSR count). The van der Waals surface area contributed by atoms with E-state index in [4.69, 9.17) is 0 Å². The van der Waals surface area contributed by atoms with Gasteiger partial charge in [0, 0.05) is 48.9 Å². The molecule has 2 aliphatic heterocycles. The molecule has 0 bridgehead atoms. The lowest BCUT2D eigenvalue weighted by Gasteiger charge is -2.43. The summed E-state index contributed by atoms with van der Waals surface area (Å²) >= 11 is 0. The van der Waals surface area contributed by atoms with Crippen molar-refractivity contribution in [3.8, 4) is 5.69 Å². The molecule has 6 aromatic carbocycles. The van der Waals surface area contributed by atoms with Gasteiger partial charge in [-0.05, 0) is 125 Å². The average Bonchev–Trinajstić information content (AvgIpc) is 3.79. The van der Waals surface area contributed by atoms with E-state index in [0.717, 1.165) is 0 Å². The normalized spacial score (nSPS) is 15.6. The summed E-state index contributed by atoms with van der Waals surface area (Å²) in [6, 6.07) is 35.1. The molecule has 0 radical (unpaired) electrons. The van der Waals surface area contributed by atoms with Gasteiger partial charge < -0.3 is 8.97 Å². The zero-order valence-electron chi connectivity index (χ0n) is 40.6. The summed E-state index contributed by atoms with van der Waals surface area (Å²) in [6.07, 6.45) is 0. The van der Waals surface area contributed by atoms with E-state index in [9.17, 15) is 0 Å². The van der Waals surface area contributed by atoms with Crippen molar-refractivity contribution in [2.75, 3.05) is 0 Å². The second-order valence-corrected chi connectivity index (χ2v) is 25.2. The summed E-state index contributed by atoms with van der Waals surface area (Å²) in [4.78, 5) is 0. The molecule has 9 aromatic rings. The Morgan fingerprint density at radius 2 is 0.871 bits per heavy atom. The molecule has 0 saturated heterocycles. The lowest BCUT2D eigenvalue weighted by molar-refractivity contribution is 0.583. The molecule has 3 aromatic heterocycles. The van der Waals surface area contributed by atoms with Gasteiger partial charge in [-0.15, -0.1) is 0 Å². The highest BCUT2D eigenvalue weighted by molar-refractivity contribution is 6.99. The highest BCUT2D eigenvalue weighted by Gasteiger charge is 2.48. The van der Waals surface area contributed by atoms with Crippen molar-refractivity contribution >= 4 is 83.0 Å². The Balaban J connectivity index is 1.40. The zero-order chi connectivity index (χ0) is 44.3.